The lowest BCUT2D eigenvalue weighted by atomic mass is 10.2. The molecule has 1 aliphatic rings. The monoisotopic (exact) mass is 430 g/mol. The van der Waals surface area contributed by atoms with Crippen LogP contribution in [0.15, 0.2) is 53.4 Å². The number of benzene rings is 2. The van der Waals surface area contributed by atoms with E-state index in [9.17, 15) is 31.5 Å². The minimum Gasteiger partial charge on any atom is -0.435 e. The number of aliphatic hydroxyl groups excluding tert-OH is 1. The fourth-order valence-corrected chi connectivity index (χ4v) is 4.61. The van der Waals surface area contributed by atoms with Gasteiger partial charge in [0.25, 0.3) is 0 Å². The van der Waals surface area contributed by atoms with E-state index in [-0.39, 0.29) is 29.3 Å². The van der Waals surface area contributed by atoms with Gasteiger partial charge in [-0.3, -0.25) is 4.79 Å². The van der Waals surface area contributed by atoms with E-state index in [4.69, 9.17) is 0 Å². The minimum atomic E-state index is -4.15. The number of nitrogens with zero attached hydrogens (tertiary/aromatic N) is 1. The number of β-amino-alcohol motifs (C(OH)–C–C–N with tert-alkyl or cyclic N) is 1. The summed E-state index contributed by atoms with van der Waals surface area (Å²) in [6.45, 7) is -3.28. The van der Waals surface area contributed by atoms with Crippen LogP contribution in [-0.2, 0) is 14.8 Å². The summed E-state index contributed by atoms with van der Waals surface area (Å²) in [6, 6.07) is 8.00. The molecule has 156 valence electrons. The van der Waals surface area contributed by atoms with Gasteiger partial charge in [-0.05, 0) is 48.5 Å². The first kappa shape index (κ1) is 21.1. The van der Waals surface area contributed by atoms with Crippen LogP contribution in [0, 0.1) is 5.82 Å². The van der Waals surface area contributed by atoms with E-state index < -0.39 is 40.5 Å². The number of aliphatic hydroxyl groups is 1. The number of rotatable bonds is 6. The van der Waals surface area contributed by atoms with Gasteiger partial charge in [0, 0.05) is 18.7 Å². The lowest BCUT2D eigenvalue weighted by Crippen LogP contribution is -2.43. The molecule has 2 atom stereocenters. The molecule has 1 heterocycles. The number of anilines is 1. The van der Waals surface area contributed by atoms with E-state index in [2.05, 4.69) is 10.1 Å². The predicted octanol–water partition coefficient (Wildman–Crippen LogP) is 2.19. The zero-order valence-corrected chi connectivity index (χ0v) is 15.7. The van der Waals surface area contributed by atoms with Gasteiger partial charge in [-0.15, -0.1) is 0 Å². The molecule has 0 spiro atoms. The summed E-state index contributed by atoms with van der Waals surface area (Å²) in [5, 5.41) is 12.4. The summed E-state index contributed by atoms with van der Waals surface area (Å²) in [5.41, 5.74) is 0.233. The largest absolute Gasteiger partial charge is 0.435 e. The van der Waals surface area contributed by atoms with Crippen LogP contribution in [0.5, 0.6) is 5.75 Å². The molecule has 3 rings (SSSR count). The molecule has 11 heteroatoms. The van der Waals surface area contributed by atoms with E-state index in [0.29, 0.717) is 0 Å². The van der Waals surface area contributed by atoms with Crippen molar-refractivity contribution in [2.75, 3.05) is 11.9 Å². The molecular formula is C18H17F3N2O5S. The lowest BCUT2D eigenvalue weighted by molar-refractivity contribution is -0.119. The van der Waals surface area contributed by atoms with E-state index in [1.54, 1.807) is 0 Å². The zero-order valence-electron chi connectivity index (χ0n) is 14.8. The second-order valence-electron chi connectivity index (χ2n) is 6.33. The van der Waals surface area contributed by atoms with Crippen molar-refractivity contribution in [3.05, 3.63) is 54.3 Å². The Morgan fingerprint density at radius 3 is 2.34 bits per heavy atom. The molecular weight excluding hydrogens is 413 g/mol. The van der Waals surface area contributed by atoms with Crippen LogP contribution in [0.4, 0.5) is 18.9 Å². The summed E-state index contributed by atoms with van der Waals surface area (Å²) < 4.78 is 68.2. The third kappa shape index (κ3) is 4.86. The smallest absolute Gasteiger partial charge is 0.387 e. The normalized spacial score (nSPS) is 20.0. The van der Waals surface area contributed by atoms with Crippen LogP contribution in [0.2, 0.25) is 0 Å². The molecule has 29 heavy (non-hydrogen) atoms. The molecule has 0 aromatic heterocycles. The molecule has 0 bridgehead atoms. The van der Waals surface area contributed by atoms with Crippen molar-refractivity contribution in [2.24, 2.45) is 0 Å². The molecule has 0 aliphatic carbocycles. The van der Waals surface area contributed by atoms with Gasteiger partial charge in [-0.1, -0.05) is 0 Å². The minimum absolute atomic E-state index is 0.102. The number of halogens is 3. The summed E-state index contributed by atoms with van der Waals surface area (Å²) in [4.78, 5) is 12.4. The van der Waals surface area contributed by atoms with Gasteiger partial charge in [-0.2, -0.15) is 13.1 Å². The first-order valence-corrected chi connectivity index (χ1v) is 9.92. The Kier molecular flexibility index (Phi) is 6.10. The number of alkyl halides is 2. The predicted molar refractivity (Wildman–Crippen MR) is 96.4 cm³/mol. The standard InChI is InChI=1S/C18H17F3N2O5S/c19-11-1-7-15(8-2-11)29(26,27)23-10-13(24)9-16(23)17(25)22-12-3-5-14(6-4-12)28-18(20)21/h1-8,13,16,18,24H,9-10H2,(H,22,25)/t13-,16+/m0/s1. The lowest BCUT2D eigenvalue weighted by Gasteiger charge is -2.23. The van der Waals surface area contributed by atoms with Crippen molar-refractivity contribution in [1.29, 1.82) is 0 Å². The van der Waals surface area contributed by atoms with Crippen LogP contribution < -0.4 is 10.1 Å². The van der Waals surface area contributed by atoms with Crippen molar-refractivity contribution in [1.82, 2.24) is 4.31 Å². The highest BCUT2D eigenvalue weighted by Crippen LogP contribution is 2.28. The maximum absolute atomic E-state index is 13.1. The molecule has 1 amide bonds. The van der Waals surface area contributed by atoms with Gasteiger partial charge in [0.1, 0.15) is 17.6 Å². The second-order valence-corrected chi connectivity index (χ2v) is 8.22. The van der Waals surface area contributed by atoms with Crippen LogP contribution in [0.3, 0.4) is 0 Å². The molecule has 2 N–H and O–H groups in total. The van der Waals surface area contributed by atoms with Gasteiger partial charge >= 0.3 is 6.61 Å². The maximum Gasteiger partial charge on any atom is 0.387 e. The number of nitrogens with one attached hydrogen (secondary N) is 1. The zero-order chi connectivity index (χ0) is 21.2. The molecule has 1 aliphatic heterocycles. The van der Waals surface area contributed by atoms with Crippen molar-refractivity contribution < 1.29 is 36.2 Å². The highest BCUT2D eigenvalue weighted by molar-refractivity contribution is 7.89. The van der Waals surface area contributed by atoms with Crippen LogP contribution in [0.1, 0.15) is 6.42 Å². The molecule has 0 radical (unpaired) electrons. The molecule has 1 saturated heterocycles. The summed E-state index contributed by atoms with van der Waals surface area (Å²) >= 11 is 0. The van der Waals surface area contributed by atoms with Crippen LogP contribution >= 0.6 is 0 Å². The molecule has 1 fully saturated rings. The number of hydrogen-bond donors (Lipinski definition) is 2. The third-order valence-corrected chi connectivity index (χ3v) is 6.19. The highest BCUT2D eigenvalue weighted by Gasteiger charge is 2.43. The van der Waals surface area contributed by atoms with Gasteiger partial charge in [0.05, 0.1) is 11.0 Å². The van der Waals surface area contributed by atoms with Crippen molar-refractivity contribution in [3.8, 4) is 5.75 Å². The van der Waals surface area contributed by atoms with Gasteiger partial charge in [0.15, 0.2) is 0 Å². The molecule has 2 aromatic rings. The van der Waals surface area contributed by atoms with Gasteiger partial charge in [-0.25, -0.2) is 12.8 Å². The second kappa shape index (κ2) is 8.39. The summed E-state index contributed by atoms with van der Waals surface area (Å²) in [6.07, 6.45) is -1.18. The Morgan fingerprint density at radius 2 is 1.76 bits per heavy atom. The van der Waals surface area contributed by atoms with Crippen molar-refractivity contribution >= 4 is 21.6 Å². The fourth-order valence-electron chi connectivity index (χ4n) is 2.98. The Balaban J connectivity index is 1.77. The number of amides is 1. The fraction of sp³-hybridized carbons (Fsp3) is 0.278. The highest BCUT2D eigenvalue weighted by atomic mass is 32.2. The molecule has 0 saturated carbocycles. The number of ether oxygens (including phenoxy) is 1. The Hall–Kier alpha value is -2.63. The summed E-state index contributed by atoms with van der Waals surface area (Å²) in [7, 11) is -4.15. The first-order chi connectivity index (χ1) is 13.7. The van der Waals surface area contributed by atoms with Gasteiger partial charge in [0.2, 0.25) is 15.9 Å². The molecule has 7 nitrogen and oxygen atoms in total. The number of sulfonamides is 1. The van der Waals surface area contributed by atoms with E-state index in [0.717, 1.165) is 28.6 Å². The molecule has 0 unspecified atom stereocenters. The van der Waals surface area contributed by atoms with Crippen LogP contribution in [-0.4, -0.2) is 49.0 Å². The average Bonchev–Trinajstić information content (AvgIpc) is 3.06. The van der Waals surface area contributed by atoms with Crippen molar-refractivity contribution in [3.63, 3.8) is 0 Å². The number of carbonyl (C=O) groups excluding carboxylic acids is 1. The Labute approximate surface area is 164 Å². The van der Waals surface area contributed by atoms with E-state index >= 15 is 0 Å². The van der Waals surface area contributed by atoms with Crippen LogP contribution in [0.25, 0.3) is 0 Å². The van der Waals surface area contributed by atoms with Gasteiger partial charge < -0.3 is 15.2 Å². The first-order valence-electron chi connectivity index (χ1n) is 8.48. The van der Waals surface area contributed by atoms with E-state index in [1.807, 2.05) is 0 Å². The van der Waals surface area contributed by atoms with Crippen molar-refractivity contribution in [2.45, 2.75) is 30.1 Å². The summed E-state index contributed by atoms with van der Waals surface area (Å²) in [5.74, 6) is -1.41. The number of hydrogen-bond acceptors (Lipinski definition) is 5. The maximum atomic E-state index is 13.1. The molecule has 2 aromatic carbocycles. The SMILES string of the molecule is O=C(Nc1ccc(OC(F)F)cc1)[C@H]1C[C@H](O)CN1S(=O)(=O)c1ccc(F)cc1. The third-order valence-electron chi connectivity index (χ3n) is 4.30. The number of carbonyl (C=O) groups is 1. The topological polar surface area (TPSA) is 95.9 Å². The average molecular weight is 430 g/mol. The Bertz CT molecular complexity index is 968. The quantitative estimate of drug-likeness (QED) is 0.733. The van der Waals surface area contributed by atoms with E-state index in [1.165, 1.54) is 24.3 Å². The Morgan fingerprint density at radius 1 is 1.14 bits per heavy atom.